The van der Waals surface area contributed by atoms with E-state index in [1.54, 1.807) is 6.08 Å². The normalized spacial score (nSPS) is 19.1. The molecule has 1 N–H and O–H groups in total. The molecule has 1 aliphatic rings. The fourth-order valence-electron chi connectivity index (χ4n) is 2.16. The topological polar surface area (TPSA) is 55.6 Å². The summed E-state index contributed by atoms with van der Waals surface area (Å²) >= 11 is 7.54. The molecular formula is C13H14ClN3O2S. The quantitative estimate of drug-likeness (QED) is 0.882. The van der Waals surface area contributed by atoms with Crippen molar-refractivity contribution >= 4 is 39.9 Å². The lowest BCUT2D eigenvalue weighted by Crippen LogP contribution is -2.30. The molecule has 0 spiro atoms. The summed E-state index contributed by atoms with van der Waals surface area (Å²) in [5.74, 6) is -0.151. The number of aromatic nitrogens is 2. The highest BCUT2D eigenvalue weighted by Gasteiger charge is 2.15. The average molecular weight is 312 g/mol. The lowest BCUT2D eigenvalue weighted by atomic mass is 10.2. The molecule has 1 aliphatic heterocycles. The Morgan fingerprint density at radius 2 is 2.60 bits per heavy atom. The molecular weight excluding hydrogens is 298 g/mol. The number of thiazole rings is 1. The second-order valence-corrected chi connectivity index (χ2v) is 5.79. The molecule has 1 saturated heterocycles. The monoisotopic (exact) mass is 311 g/mol. The highest BCUT2D eigenvalue weighted by molar-refractivity contribution is 7.15. The van der Waals surface area contributed by atoms with E-state index in [-0.39, 0.29) is 12.0 Å². The van der Waals surface area contributed by atoms with Gasteiger partial charge in [-0.1, -0.05) is 11.6 Å². The van der Waals surface area contributed by atoms with E-state index in [2.05, 4.69) is 10.3 Å². The lowest BCUT2D eigenvalue weighted by molar-refractivity contribution is -0.116. The van der Waals surface area contributed by atoms with Crippen molar-refractivity contribution in [1.29, 1.82) is 0 Å². The van der Waals surface area contributed by atoms with Gasteiger partial charge < -0.3 is 10.1 Å². The van der Waals surface area contributed by atoms with E-state index in [1.807, 2.05) is 16.0 Å². The van der Waals surface area contributed by atoms with Crippen molar-refractivity contribution in [3.05, 3.63) is 28.5 Å². The summed E-state index contributed by atoms with van der Waals surface area (Å²) in [4.78, 5) is 16.8. The van der Waals surface area contributed by atoms with E-state index in [0.717, 1.165) is 30.1 Å². The van der Waals surface area contributed by atoms with Gasteiger partial charge in [-0.2, -0.15) is 0 Å². The Bertz CT molecular complexity index is 643. The van der Waals surface area contributed by atoms with Gasteiger partial charge in [0.2, 0.25) is 5.91 Å². The molecule has 20 heavy (non-hydrogen) atoms. The molecule has 0 unspecified atom stereocenters. The number of hydrogen-bond acceptors (Lipinski definition) is 4. The summed E-state index contributed by atoms with van der Waals surface area (Å²) in [6, 6.07) is 0. The highest BCUT2D eigenvalue weighted by Crippen LogP contribution is 2.22. The van der Waals surface area contributed by atoms with E-state index in [4.69, 9.17) is 16.3 Å². The first-order chi connectivity index (χ1) is 9.74. The number of nitrogens with zero attached hydrogens (tertiary/aromatic N) is 2. The molecule has 0 aliphatic carbocycles. The minimum absolute atomic E-state index is 0.148. The van der Waals surface area contributed by atoms with E-state index in [1.165, 1.54) is 17.4 Å². The van der Waals surface area contributed by atoms with Crippen LogP contribution >= 0.6 is 22.9 Å². The van der Waals surface area contributed by atoms with Crippen molar-refractivity contribution < 1.29 is 9.53 Å². The zero-order chi connectivity index (χ0) is 13.9. The molecule has 0 bridgehead atoms. The Balaban J connectivity index is 1.62. The summed E-state index contributed by atoms with van der Waals surface area (Å²) in [6.45, 7) is 1.34. The van der Waals surface area contributed by atoms with E-state index < -0.39 is 0 Å². The van der Waals surface area contributed by atoms with Crippen LogP contribution in [0.5, 0.6) is 0 Å². The predicted octanol–water partition coefficient (Wildman–Crippen LogP) is 2.36. The minimum atomic E-state index is -0.151. The Labute approximate surface area is 125 Å². The minimum Gasteiger partial charge on any atom is -0.376 e. The highest BCUT2D eigenvalue weighted by atomic mass is 35.5. The molecule has 2 aromatic heterocycles. The third kappa shape index (κ3) is 2.87. The van der Waals surface area contributed by atoms with Crippen LogP contribution in [0.4, 0.5) is 0 Å². The van der Waals surface area contributed by atoms with Gasteiger partial charge in [-0.15, -0.1) is 11.3 Å². The standard InChI is InChI=1S/C13H14ClN3O2S/c14-12-10(17-5-7-20-13(17)16-12)3-4-11(18)15-8-9-2-1-6-19-9/h3-5,7,9H,1-2,6,8H2,(H,15,18)/b4-3-/t9-/m0/s1. The van der Waals surface area contributed by atoms with Crippen molar-refractivity contribution in [3.63, 3.8) is 0 Å². The molecule has 1 fully saturated rings. The second-order valence-electron chi connectivity index (χ2n) is 4.56. The van der Waals surface area contributed by atoms with Gasteiger partial charge in [0.25, 0.3) is 0 Å². The average Bonchev–Trinajstić information content (AvgIpc) is 3.11. The molecule has 0 radical (unpaired) electrons. The van der Waals surface area contributed by atoms with Crippen molar-refractivity contribution in [2.24, 2.45) is 0 Å². The van der Waals surface area contributed by atoms with Crippen molar-refractivity contribution in [3.8, 4) is 0 Å². The maximum Gasteiger partial charge on any atom is 0.244 e. The molecule has 0 aromatic carbocycles. The summed E-state index contributed by atoms with van der Waals surface area (Å²) in [6.07, 6.45) is 7.26. The first-order valence-electron chi connectivity index (χ1n) is 6.42. The SMILES string of the molecule is O=C(/C=C\c1c(Cl)nc2sccn12)NC[C@@H]1CCCO1. The van der Waals surface area contributed by atoms with Gasteiger partial charge in [0.05, 0.1) is 11.8 Å². The zero-order valence-corrected chi connectivity index (χ0v) is 12.3. The van der Waals surface area contributed by atoms with Crippen LogP contribution < -0.4 is 5.32 Å². The number of carbonyl (C=O) groups is 1. The molecule has 106 valence electrons. The van der Waals surface area contributed by atoms with Crippen LogP contribution in [0, 0.1) is 0 Å². The van der Waals surface area contributed by atoms with Crippen LogP contribution in [0.15, 0.2) is 17.7 Å². The number of ether oxygens (including phenoxy) is 1. The zero-order valence-electron chi connectivity index (χ0n) is 10.7. The van der Waals surface area contributed by atoms with E-state index >= 15 is 0 Å². The Morgan fingerprint density at radius 3 is 3.40 bits per heavy atom. The van der Waals surface area contributed by atoms with Gasteiger partial charge >= 0.3 is 0 Å². The van der Waals surface area contributed by atoms with Crippen LogP contribution in [0.3, 0.4) is 0 Å². The van der Waals surface area contributed by atoms with Crippen molar-refractivity contribution in [1.82, 2.24) is 14.7 Å². The maximum atomic E-state index is 11.8. The molecule has 0 saturated carbocycles. The van der Waals surface area contributed by atoms with Gasteiger partial charge in [-0.3, -0.25) is 9.20 Å². The molecule has 7 heteroatoms. The fourth-order valence-corrected chi connectivity index (χ4v) is 3.16. The van der Waals surface area contributed by atoms with Crippen molar-refractivity contribution in [2.75, 3.05) is 13.2 Å². The van der Waals surface area contributed by atoms with Crippen molar-refractivity contribution in [2.45, 2.75) is 18.9 Å². The fraction of sp³-hybridized carbons (Fsp3) is 0.385. The number of carbonyl (C=O) groups excluding carboxylic acids is 1. The smallest absolute Gasteiger partial charge is 0.244 e. The number of hydrogen-bond donors (Lipinski definition) is 1. The van der Waals surface area contributed by atoms with Gasteiger partial charge in [0.15, 0.2) is 10.1 Å². The van der Waals surface area contributed by atoms with E-state index in [0.29, 0.717) is 11.7 Å². The largest absolute Gasteiger partial charge is 0.376 e. The van der Waals surface area contributed by atoms with Crippen LogP contribution in [0.25, 0.3) is 11.0 Å². The Kier molecular flexibility index (Phi) is 4.05. The summed E-state index contributed by atoms with van der Waals surface area (Å²) in [7, 11) is 0. The van der Waals surface area contributed by atoms with Gasteiger partial charge in [0, 0.05) is 30.8 Å². The first kappa shape index (κ1) is 13.6. The van der Waals surface area contributed by atoms with Crippen LogP contribution in [0.1, 0.15) is 18.5 Å². The van der Waals surface area contributed by atoms with Gasteiger partial charge in [0.1, 0.15) is 0 Å². The van der Waals surface area contributed by atoms with Crippen LogP contribution in [-0.2, 0) is 9.53 Å². The van der Waals surface area contributed by atoms with Gasteiger partial charge in [-0.25, -0.2) is 4.98 Å². The number of halogens is 1. The molecule has 3 rings (SSSR count). The number of fused-ring (bicyclic) bond motifs is 1. The number of amides is 1. The molecule has 1 amide bonds. The molecule has 1 atom stereocenters. The van der Waals surface area contributed by atoms with Crippen LogP contribution in [-0.4, -0.2) is 34.5 Å². The molecule has 2 aromatic rings. The third-order valence-corrected chi connectivity index (χ3v) is 4.21. The molecule has 3 heterocycles. The van der Waals surface area contributed by atoms with Crippen LogP contribution in [0.2, 0.25) is 5.15 Å². The maximum absolute atomic E-state index is 11.8. The third-order valence-electron chi connectivity index (χ3n) is 3.17. The van der Waals surface area contributed by atoms with Gasteiger partial charge in [-0.05, 0) is 18.9 Å². The second kappa shape index (κ2) is 5.95. The van der Waals surface area contributed by atoms with E-state index in [9.17, 15) is 4.79 Å². The molecule has 5 nitrogen and oxygen atoms in total. The number of nitrogens with one attached hydrogen (secondary N) is 1. The Hall–Kier alpha value is -1.37. The Morgan fingerprint density at radius 1 is 1.70 bits per heavy atom. The number of imidazole rings is 1. The summed E-state index contributed by atoms with van der Waals surface area (Å²) < 4.78 is 7.31. The number of rotatable bonds is 4. The predicted molar refractivity (Wildman–Crippen MR) is 79.1 cm³/mol. The summed E-state index contributed by atoms with van der Waals surface area (Å²) in [5, 5.41) is 5.15. The lowest BCUT2D eigenvalue weighted by Gasteiger charge is -2.08. The first-order valence-corrected chi connectivity index (χ1v) is 7.68. The summed E-state index contributed by atoms with van der Waals surface area (Å²) in [5.41, 5.74) is 0.718.